The van der Waals surface area contributed by atoms with E-state index in [1.54, 1.807) is 14.2 Å². The van der Waals surface area contributed by atoms with Gasteiger partial charge in [0.2, 0.25) is 0 Å². The van der Waals surface area contributed by atoms with E-state index in [2.05, 4.69) is 36.2 Å². The lowest BCUT2D eigenvalue weighted by atomic mass is 9.94. The number of aliphatic imine (C=N–C) groups is 1. The van der Waals surface area contributed by atoms with E-state index in [9.17, 15) is 0 Å². The number of ether oxygens (including phenoxy) is 2. The molecule has 21 heavy (non-hydrogen) atoms. The van der Waals surface area contributed by atoms with Crippen LogP contribution in [-0.4, -0.2) is 38.0 Å². The third kappa shape index (κ3) is 2.42. The molecule has 2 aliphatic rings. The molecule has 4 heteroatoms. The normalized spacial score (nSPS) is 20.5. The minimum absolute atomic E-state index is 0.245. The minimum atomic E-state index is 0.245. The van der Waals surface area contributed by atoms with Crippen molar-refractivity contribution in [2.24, 2.45) is 4.99 Å². The molecule has 0 aromatic heterocycles. The maximum Gasteiger partial charge on any atom is 0.164 e. The molecule has 109 valence electrons. The molecule has 4 nitrogen and oxygen atoms in total. The first-order chi connectivity index (χ1) is 10.2. The fourth-order valence-electron chi connectivity index (χ4n) is 2.86. The molecule has 1 aromatic carbocycles. The summed E-state index contributed by atoms with van der Waals surface area (Å²) in [6, 6.07) is 7.05. The molecule has 0 spiro atoms. The number of rotatable bonds is 3. The summed E-state index contributed by atoms with van der Waals surface area (Å²) in [5.41, 5.74) is 2.23. The topological polar surface area (TPSA) is 34.1 Å². The van der Waals surface area contributed by atoms with Crippen molar-refractivity contribution < 1.29 is 9.47 Å². The highest BCUT2D eigenvalue weighted by Crippen LogP contribution is 2.37. The van der Waals surface area contributed by atoms with Crippen LogP contribution in [-0.2, 0) is 0 Å². The van der Waals surface area contributed by atoms with E-state index in [-0.39, 0.29) is 5.92 Å². The van der Waals surface area contributed by atoms with Crippen molar-refractivity contribution in [2.75, 3.05) is 27.3 Å². The third-order valence-corrected chi connectivity index (χ3v) is 3.89. The van der Waals surface area contributed by atoms with Gasteiger partial charge in [-0.15, -0.1) is 0 Å². The van der Waals surface area contributed by atoms with Crippen LogP contribution in [0.4, 0.5) is 0 Å². The molecule has 2 heterocycles. The molecule has 1 radical (unpaired) electrons. The SMILES string of the molecule is COc1cc[c]c(C2CN=C3C(C)=CC=CN3C2)c1OC. The standard InChI is InChI=1S/C17H19N2O2/c1-12-6-5-9-19-11-13(10-18-17(12)19)14-7-4-8-15(20-2)16(14)21-3/h4-6,8-9,13H,10-11H2,1-3H3. The third-order valence-electron chi connectivity index (χ3n) is 3.89. The zero-order valence-electron chi connectivity index (χ0n) is 12.6. The lowest BCUT2D eigenvalue weighted by molar-refractivity contribution is 0.345. The molecule has 2 aliphatic heterocycles. The Bertz CT molecular complexity index is 632. The van der Waals surface area contributed by atoms with Gasteiger partial charge in [0.1, 0.15) is 5.84 Å². The van der Waals surface area contributed by atoms with Crippen LogP contribution in [0.25, 0.3) is 0 Å². The smallest absolute Gasteiger partial charge is 0.164 e. The van der Waals surface area contributed by atoms with Crippen molar-refractivity contribution in [3.63, 3.8) is 0 Å². The Morgan fingerprint density at radius 2 is 2.19 bits per heavy atom. The maximum absolute atomic E-state index is 5.53. The second kappa shape index (κ2) is 5.64. The number of nitrogens with zero attached hydrogens (tertiary/aromatic N) is 2. The fourth-order valence-corrected chi connectivity index (χ4v) is 2.86. The summed E-state index contributed by atoms with van der Waals surface area (Å²) in [4.78, 5) is 6.92. The Hall–Kier alpha value is -2.23. The number of hydrogen-bond acceptors (Lipinski definition) is 4. The molecule has 0 saturated heterocycles. The van der Waals surface area contributed by atoms with Crippen molar-refractivity contribution >= 4 is 5.84 Å². The van der Waals surface area contributed by atoms with Crippen LogP contribution in [0.3, 0.4) is 0 Å². The molecule has 1 atom stereocenters. The molecule has 1 aromatic rings. The van der Waals surface area contributed by atoms with Crippen molar-refractivity contribution in [3.8, 4) is 11.5 Å². The molecular formula is C17H19N2O2. The second-order valence-electron chi connectivity index (χ2n) is 5.20. The van der Waals surface area contributed by atoms with Gasteiger partial charge < -0.3 is 14.4 Å². The summed E-state index contributed by atoms with van der Waals surface area (Å²) in [6.07, 6.45) is 6.22. The van der Waals surface area contributed by atoms with Crippen LogP contribution >= 0.6 is 0 Å². The van der Waals surface area contributed by atoms with Gasteiger partial charge in [0, 0.05) is 24.2 Å². The maximum atomic E-state index is 5.53. The number of fused-ring (bicyclic) bond motifs is 1. The van der Waals surface area contributed by atoms with Gasteiger partial charge in [-0.1, -0.05) is 12.1 Å². The number of amidine groups is 1. The first kappa shape index (κ1) is 13.7. The molecule has 0 amide bonds. The predicted molar refractivity (Wildman–Crippen MR) is 83.0 cm³/mol. The van der Waals surface area contributed by atoms with Gasteiger partial charge >= 0.3 is 0 Å². The first-order valence-corrected chi connectivity index (χ1v) is 7.03. The fraction of sp³-hybridized carbons (Fsp3) is 0.353. The molecule has 0 fully saturated rings. The van der Waals surface area contributed by atoms with Crippen LogP contribution in [0.15, 0.2) is 41.1 Å². The molecule has 0 aliphatic carbocycles. The van der Waals surface area contributed by atoms with Gasteiger partial charge in [0.25, 0.3) is 0 Å². The Kier molecular flexibility index (Phi) is 3.69. The largest absolute Gasteiger partial charge is 0.493 e. The highest BCUT2D eigenvalue weighted by molar-refractivity contribution is 6.00. The molecule has 0 N–H and O–H groups in total. The van der Waals surface area contributed by atoms with E-state index in [1.165, 1.54) is 5.57 Å². The van der Waals surface area contributed by atoms with Crippen molar-refractivity contribution in [3.05, 3.63) is 47.7 Å². The summed E-state index contributed by atoms with van der Waals surface area (Å²) in [5, 5.41) is 0. The second-order valence-corrected chi connectivity index (χ2v) is 5.20. The number of benzene rings is 1. The summed E-state index contributed by atoms with van der Waals surface area (Å²) in [5.74, 6) is 2.81. The number of methoxy groups -OCH3 is 2. The van der Waals surface area contributed by atoms with Crippen LogP contribution in [0, 0.1) is 6.07 Å². The van der Waals surface area contributed by atoms with Crippen LogP contribution in [0.2, 0.25) is 0 Å². The number of hydrogen-bond donors (Lipinski definition) is 0. The highest BCUT2D eigenvalue weighted by Gasteiger charge is 2.27. The van der Waals surface area contributed by atoms with E-state index in [4.69, 9.17) is 14.5 Å². The van der Waals surface area contributed by atoms with Gasteiger partial charge in [-0.2, -0.15) is 0 Å². The molecule has 0 bridgehead atoms. The van der Waals surface area contributed by atoms with Crippen molar-refractivity contribution in [2.45, 2.75) is 12.8 Å². The van der Waals surface area contributed by atoms with Crippen LogP contribution in [0.1, 0.15) is 18.4 Å². The average molecular weight is 283 g/mol. The Labute approximate surface area is 125 Å². The van der Waals surface area contributed by atoms with Gasteiger partial charge in [-0.05, 0) is 30.7 Å². The molecule has 3 rings (SSSR count). The Morgan fingerprint density at radius 3 is 2.95 bits per heavy atom. The summed E-state index contributed by atoms with van der Waals surface area (Å²) < 4.78 is 10.9. The monoisotopic (exact) mass is 283 g/mol. The quantitative estimate of drug-likeness (QED) is 0.855. The molecule has 0 saturated carbocycles. The van der Waals surface area contributed by atoms with E-state index in [0.717, 1.165) is 36.0 Å². The van der Waals surface area contributed by atoms with Crippen molar-refractivity contribution in [1.82, 2.24) is 4.90 Å². The Balaban J connectivity index is 1.94. The van der Waals surface area contributed by atoms with E-state index < -0.39 is 0 Å². The van der Waals surface area contributed by atoms with Crippen LogP contribution in [0.5, 0.6) is 11.5 Å². The lowest BCUT2D eigenvalue weighted by Crippen LogP contribution is -2.37. The van der Waals surface area contributed by atoms with E-state index >= 15 is 0 Å². The predicted octanol–water partition coefficient (Wildman–Crippen LogP) is 2.78. The zero-order chi connectivity index (χ0) is 14.8. The summed E-state index contributed by atoms with van der Waals surface area (Å²) in [6.45, 7) is 3.71. The van der Waals surface area contributed by atoms with Crippen molar-refractivity contribution in [1.29, 1.82) is 0 Å². The van der Waals surface area contributed by atoms with Gasteiger partial charge in [-0.25, -0.2) is 0 Å². The van der Waals surface area contributed by atoms with E-state index in [0.29, 0.717) is 0 Å². The number of allylic oxidation sites excluding steroid dienone is 2. The van der Waals surface area contributed by atoms with Gasteiger partial charge in [0.15, 0.2) is 11.5 Å². The minimum Gasteiger partial charge on any atom is -0.493 e. The van der Waals surface area contributed by atoms with Gasteiger partial charge in [-0.3, -0.25) is 4.99 Å². The molecule has 1 unspecified atom stereocenters. The van der Waals surface area contributed by atoms with Crippen LogP contribution < -0.4 is 9.47 Å². The summed E-state index contributed by atoms with van der Waals surface area (Å²) >= 11 is 0. The highest BCUT2D eigenvalue weighted by atomic mass is 16.5. The molecular weight excluding hydrogens is 264 g/mol. The first-order valence-electron chi connectivity index (χ1n) is 7.03. The lowest BCUT2D eigenvalue weighted by Gasteiger charge is -2.34. The average Bonchev–Trinajstić information content (AvgIpc) is 2.53. The van der Waals surface area contributed by atoms with E-state index in [1.807, 2.05) is 12.1 Å². The zero-order valence-corrected chi connectivity index (χ0v) is 12.6. The Morgan fingerprint density at radius 1 is 1.33 bits per heavy atom. The van der Waals surface area contributed by atoms with Gasteiger partial charge in [0.05, 0.1) is 20.8 Å². The summed E-state index contributed by atoms with van der Waals surface area (Å²) in [7, 11) is 3.32.